The molecule has 0 saturated heterocycles. The minimum absolute atomic E-state index is 0.275. The van der Waals surface area contributed by atoms with Crippen LogP contribution in [0, 0.1) is 0 Å². The molecule has 2 heteroatoms. The molecule has 0 rings (SSSR count). The first-order valence-corrected chi connectivity index (χ1v) is 8.64. The van der Waals surface area contributed by atoms with Gasteiger partial charge in [-0.25, -0.2) is 0 Å². The molecule has 0 fully saturated rings. The predicted molar refractivity (Wildman–Crippen MR) is 96.0 cm³/mol. The van der Waals surface area contributed by atoms with Crippen molar-refractivity contribution in [2.45, 2.75) is 71.1 Å². The summed E-state index contributed by atoms with van der Waals surface area (Å²) in [6.45, 7) is 2.24. The number of unbranched alkanes of at least 4 members (excludes halogenated alkanes) is 7. The lowest BCUT2D eigenvalue weighted by atomic mass is 10.1. The summed E-state index contributed by atoms with van der Waals surface area (Å²) in [6.07, 6.45) is 27.3. The molecule has 0 aliphatic carbocycles. The molecule has 124 valence electrons. The van der Waals surface area contributed by atoms with Crippen molar-refractivity contribution < 1.29 is 9.90 Å². The number of aliphatic carboxylic acids is 1. The van der Waals surface area contributed by atoms with Gasteiger partial charge >= 0.3 is 5.97 Å². The van der Waals surface area contributed by atoms with Crippen LogP contribution in [-0.4, -0.2) is 11.1 Å². The first-order chi connectivity index (χ1) is 10.8. The topological polar surface area (TPSA) is 37.3 Å². The van der Waals surface area contributed by atoms with E-state index in [-0.39, 0.29) is 6.42 Å². The zero-order valence-corrected chi connectivity index (χ0v) is 14.0. The summed E-state index contributed by atoms with van der Waals surface area (Å²) in [5.74, 6) is -0.706. The van der Waals surface area contributed by atoms with Crippen molar-refractivity contribution in [3.05, 3.63) is 48.6 Å². The van der Waals surface area contributed by atoms with E-state index in [2.05, 4.69) is 31.2 Å². The monoisotopic (exact) mass is 304 g/mol. The van der Waals surface area contributed by atoms with E-state index in [4.69, 9.17) is 5.11 Å². The Balaban J connectivity index is 3.45. The molecule has 2 nitrogen and oxygen atoms in total. The molecule has 0 aromatic carbocycles. The van der Waals surface area contributed by atoms with Gasteiger partial charge < -0.3 is 5.11 Å². The average Bonchev–Trinajstić information content (AvgIpc) is 2.50. The largest absolute Gasteiger partial charge is 0.481 e. The van der Waals surface area contributed by atoms with Crippen molar-refractivity contribution in [3.63, 3.8) is 0 Å². The number of rotatable bonds is 14. The highest BCUT2D eigenvalue weighted by atomic mass is 16.4. The summed E-state index contributed by atoms with van der Waals surface area (Å²) in [4.78, 5) is 10.3. The van der Waals surface area contributed by atoms with E-state index < -0.39 is 5.97 Å². The van der Waals surface area contributed by atoms with E-state index >= 15 is 0 Å². The fourth-order valence-corrected chi connectivity index (χ4v) is 2.01. The van der Waals surface area contributed by atoms with Gasteiger partial charge in [-0.05, 0) is 32.1 Å². The van der Waals surface area contributed by atoms with Gasteiger partial charge in [0, 0.05) is 6.42 Å². The first kappa shape index (κ1) is 20.4. The fourth-order valence-electron chi connectivity index (χ4n) is 2.01. The molecule has 0 saturated carbocycles. The molecular weight excluding hydrogens is 272 g/mol. The molecule has 0 aliphatic rings. The average molecular weight is 304 g/mol. The second-order valence-corrected chi connectivity index (χ2v) is 5.47. The zero-order chi connectivity index (χ0) is 16.3. The van der Waals surface area contributed by atoms with E-state index in [1.54, 1.807) is 0 Å². The number of carboxylic acids is 1. The minimum atomic E-state index is -0.706. The summed E-state index contributed by atoms with van der Waals surface area (Å²) in [7, 11) is 0. The van der Waals surface area contributed by atoms with Crippen molar-refractivity contribution in [3.8, 4) is 0 Å². The van der Waals surface area contributed by atoms with Gasteiger partial charge in [-0.15, -0.1) is 0 Å². The van der Waals surface area contributed by atoms with Crippen LogP contribution in [0.25, 0.3) is 0 Å². The van der Waals surface area contributed by atoms with E-state index in [9.17, 15) is 4.79 Å². The van der Waals surface area contributed by atoms with Crippen LogP contribution in [0.15, 0.2) is 48.6 Å². The van der Waals surface area contributed by atoms with Gasteiger partial charge in [-0.3, -0.25) is 4.79 Å². The van der Waals surface area contributed by atoms with E-state index in [1.807, 2.05) is 24.3 Å². The van der Waals surface area contributed by atoms with Gasteiger partial charge in [0.15, 0.2) is 0 Å². The van der Waals surface area contributed by atoms with Crippen LogP contribution >= 0.6 is 0 Å². The Morgan fingerprint density at radius 3 is 1.77 bits per heavy atom. The number of hydrogen-bond acceptors (Lipinski definition) is 1. The molecule has 0 aliphatic heterocycles. The Labute approximate surface area is 136 Å². The second-order valence-electron chi connectivity index (χ2n) is 5.47. The van der Waals surface area contributed by atoms with Crippen LogP contribution in [0.5, 0.6) is 0 Å². The van der Waals surface area contributed by atoms with Crippen molar-refractivity contribution in [1.29, 1.82) is 0 Å². The lowest BCUT2D eigenvalue weighted by Crippen LogP contribution is -1.92. The molecule has 0 bridgehead atoms. The maximum Gasteiger partial charge on any atom is 0.303 e. The fraction of sp³-hybridized carbons (Fsp3) is 0.550. The molecule has 0 heterocycles. The van der Waals surface area contributed by atoms with Crippen LogP contribution in [0.4, 0.5) is 0 Å². The SMILES string of the molecule is CCCCCCC\C=C/C=C\C=C/C=C\CCCCC(=O)O. The quantitative estimate of drug-likeness (QED) is 0.305. The van der Waals surface area contributed by atoms with Crippen molar-refractivity contribution in [2.75, 3.05) is 0 Å². The third kappa shape index (κ3) is 18.4. The van der Waals surface area contributed by atoms with Crippen molar-refractivity contribution in [1.82, 2.24) is 0 Å². The maximum atomic E-state index is 10.3. The molecular formula is C20H32O2. The van der Waals surface area contributed by atoms with Gasteiger partial charge in [0.1, 0.15) is 0 Å². The van der Waals surface area contributed by atoms with E-state index in [0.29, 0.717) is 0 Å². The summed E-state index contributed by atoms with van der Waals surface area (Å²) in [5, 5.41) is 8.50. The highest BCUT2D eigenvalue weighted by Crippen LogP contribution is 2.05. The number of carbonyl (C=O) groups is 1. The molecule has 0 unspecified atom stereocenters. The molecule has 0 aromatic heterocycles. The Bertz CT molecular complexity index is 362. The van der Waals surface area contributed by atoms with Gasteiger partial charge in [0.05, 0.1) is 0 Å². The van der Waals surface area contributed by atoms with Gasteiger partial charge in [-0.1, -0.05) is 81.2 Å². The van der Waals surface area contributed by atoms with E-state index in [1.165, 1.54) is 38.5 Å². The molecule has 1 N–H and O–H groups in total. The van der Waals surface area contributed by atoms with E-state index in [0.717, 1.165) is 19.3 Å². The van der Waals surface area contributed by atoms with Gasteiger partial charge in [0.25, 0.3) is 0 Å². The van der Waals surface area contributed by atoms with Crippen LogP contribution in [-0.2, 0) is 4.79 Å². The third-order valence-corrected chi connectivity index (χ3v) is 3.31. The molecule has 22 heavy (non-hydrogen) atoms. The molecule has 0 amide bonds. The molecule has 0 spiro atoms. The second kappa shape index (κ2) is 17.5. The standard InChI is InChI=1S/C20H32O2/c1-2-3-4-5-6-7-8-9-10-11-12-13-14-15-16-17-18-19-20(21)22/h8-15H,2-7,16-19H2,1H3,(H,21,22)/b9-8-,11-10-,13-12-,15-14-. The zero-order valence-electron chi connectivity index (χ0n) is 14.0. The summed E-state index contributed by atoms with van der Waals surface area (Å²) in [5.41, 5.74) is 0. The summed E-state index contributed by atoms with van der Waals surface area (Å²) in [6, 6.07) is 0. The highest BCUT2D eigenvalue weighted by molar-refractivity contribution is 5.66. The van der Waals surface area contributed by atoms with Crippen LogP contribution in [0.2, 0.25) is 0 Å². The minimum Gasteiger partial charge on any atom is -0.481 e. The van der Waals surface area contributed by atoms with Gasteiger partial charge in [0.2, 0.25) is 0 Å². The predicted octanol–water partition coefficient (Wildman–Crippen LogP) is 6.22. The van der Waals surface area contributed by atoms with Crippen LogP contribution < -0.4 is 0 Å². The Kier molecular flexibility index (Phi) is 16.2. The maximum absolute atomic E-state index is 10.3. The Hall–Kier alpha value is -1.57. The number of hydrogen-bond donors (Lipinski definition) is 1. The summed E-state index contributed by atoms with van der Waals surface area (Å²) >= 11 is 0. The van der Waals surface area contributed by atoms with Crippen LogP contribution in [0.1, 0.15) is 71.1 Å². The first-order valence-electron chi connectivity index (χ1n) is 8.64. The third-order valence-electron chi connectivity index (χ3n) is 3.31. The van der Waals surface area contributed by atoms with Crippen molar-refractivity contribution in [2.24, 2.45) is 0 Å². The lowest BCUT2D eigenvalue weighted by Gasteiger charge is -1.95. The van der Waals surface area contributed by atoms with Crippen LogP contribution in [0.3, 0.4) is 0 Å². The number of allylic oxidation sites excluding steroid dienone is 8. The Morgan fingerprint density at radius 2 is 1.23 bits per heavy atom. The van der Waals surface area contributed by atoms with Gasteiger partial charge in [-0.2, -0.15) is 0 Å². The Morgan fingerprint density at radius 1 is 0.727 bits per heavy atom. The molecule has 0 aromatic rings. The van der Waals surface area contributed by atoms with Crippen molar-refractivity contribution >= 4 is 5.97 Å². The number of carboxylic acid groups (broad SMARTS) is 1. The highest BCUT2D eigenvalue weighted by Gasteiger charge is 1.93. The normalized spacial score (nSPS) is 12.4. The lowest BCUT2D eigenvalue weighted by molar-refractivity contribution is -0.137. The summed E-state index contributed by atoms with van der Waals surface area (Å²) < 4.78 is 0. The molecule has 0 atom stereocenters. The molecule has 0 radical (unpaired) electrons. The smallest absolute Gasteiger partial charge is 0.303 e.